The van der Waals surface area contributed by atoms with Gasteiger partial charge in [-0.05, 0) is 79.9 Å². The molecule has 0 aliphatic heterocycles. The molecular weight excluding hydrogens is 276 g/mol. The first-order valence-corrected chi connectivity index (χ1v) is 7.98. The van der Waals surface area contributed by atoms with Gasteiger partial charge in [-0.2, -0.15) is 0 Å². The minimum Gasteiger partial charge on any atom is -0.0609 e. The highest BCUT2D eigenvalue weighted by atomic mass is 14.2. The number of hydrogen-bond donors (Lipinski definition) is 0. The molecule has 0 fully saturated rings. The second kappa shape index (κ2) is 6.60. The number of hydrogen-bond acceptors (Lipinski definition) is 0. The fourth-order valence-corrected chi connectivity index (χ4v) is 3.12. The van der Waals surface area contributed by atoms with Crippen molar-refractivity contribution in [2.24, 2.45) is 0 Å². The molecule has 0 N–H and O–H groups in total. The van der Waals surface area contributed by atoms with E-state index < -0.39 is 0 Å². The van der Waals surface area contributed by atoms with E-state index in [4.69, 9.17) is 0 Å². The van der Waals surface area contributed by atoms with Crippen LogP contribution in [0.15, 0.2) is 72.8 Å². The Morgan fingerprint density at radius 1 is 0.696 bits per heavy atom. The van der Waals surface area contributed by atoms with E-state index in [2.05, 4.69) is 93.6 Å². The van der Waals surface area contributed by atoms with Crippen molar-refractivity contribution in [3.8, 4) is 0 Å². The lowest BCUT2D eigenvalue weighted by Gasteiger charge is -2.10. The Morgan fingerprint density at radius 2 is 1.22 bits per heavy atom. The van der Waals surface area contributed by atoms with E-state index in [9.17, 15) is 0 Å². The molecule has 0 radical (unpaired) electrons. The van der Waals surface area contributed by atoms with Crippen molar-refractivity contribution in [2.75, 3.05) is 0 Å². The first-order valence-electron chi connectivity index (χ1n) is 7.98. The van der Waals surface area contributed by atoms with Crippen LogP contribution in [-0.2, 0) is 0 Å². The summed E-state index contributed by atoms with van der Waals surface area (Å²) in [7, 11) is 0. The van der Waals surface area contributed by atoms with Crippen LogP contribution in [0.5, 0.6) is 0 Å². The van der Waals surface area contributed by atoms with Gasteiger partial charge in [0, 0.05) is 18.2 Å². The molecule has 0 bridgehead atoms. The van der Waals surface area contributed by atoms with Crippen molar-refractivity contribution in [1.29, 1.82) is 0 Å². The predicted molar refractivity (Wildman–Crippen MR) is 98.4 cm³/mol. The second-order valence-electron chi connectivity index (χ2n) is 6.01. The third-order valence-electron chi connectivity index (χ3n) is 4.03. The summed E-state index contributed by atoms with van der Waals surface area (Å²) < 4.78 is 0. The van der Waals surface area contributed by atoms with Gasteiger partial charge in [-0.3, -0.25) is 0 Å². The van der Waals surface area contributed by atoms with Crippen LogP contribution < -0.4 is 0 Å². The van der Waals surface area contributed by atoms with Gasteiger partial charge in [-0.15, -0.1) is 0 Å². The molecule has 0 aliphatic carbocycles. The maximum atomic E-state index is 3.63. The number of benzene rings is 3. The predicted octanol–water partition coefficient (Wildman–Crippen LogP) is 5.90. The van der Waals surface area contributed by atoms with E-state index in [-0.39, 0.29) is 0 Å². The molecule has 0 spiro atoms. The quantitative estimate of drug-likeness (QED) is 0.417. The molecule has 0 heterocycles. The Labute approximate surface area is 139 Å². The fraction of sp³-hybridized carbons (Fsp3) is 0.130. The highest BCUT2D eigenvalue weighted by Gasteiger charge is 2.18. The molecule has 0 aliphatic rings. The van der Waals surface area contributed by atoms with Crippen molar-refractivity contribution in [1.82, 2.24) is 0 Å². The molecule has 0 aromatic heterocycles. The zero-order chi connectivity index (χ0) is 16.2. The van der Waals surface area contributed by atoms with Crippen LogP contribution in [0.1, 0.15) is 33.4 Å². The van der Waals surface area contributed by atoms with E-state index in [1.807, 2.05) is 6.07 Å². The first-order chi connectivity index (χ1) is 11.1. The van der Waals surface area contributed by atoms with E-state index >= 15 is 0 Å². The van der Waals surface area contributed by atoms with Gasteiger partial charge in [-0.25, -0.2) is 0 Å². The smallest absolute Gasteiger partial charge is 0.0609 e. The summed E-state index contributed by atoms with van der Waals surface area (Å²) in [4.78, 5) is 0. The standard InChI is InChI=1S/C23H21/c1-17-14-18(2)23(19(3)15-17)22(21-12-8-5-9-13-21)16-20-10-6-4-7-11-20/h4-15H,1-3H3/q+1. The highest BCUT2D eigenvalue weighted by molar-refractivity contribution is 5.83. The lowest BCUT2D eigenvalue weighted by atomic mass is 9.88. The van der Waals surface area contributed by atoms with Gasteiger partial charge < -0.3 is 0 Å². The van der Waals surface area contributed by atoms with E-state index in [1.54, 1.807) is 0 Å². The van der Waals surface area contributed by atoms with Crippen molar-refractivity contribution in [3.63, 3.8) is 0 Å². The average molecular weight is 297 g/mol. The monoisotopic (exact) mass is 297 g/mol. The number of rotatable bonds is 3. The molecule has 23 heavy (non-hydrogen) atoms. The molecular formula is C23H21+. The maximum Gasteiger partial charge on any atom is 0.137 e. The third kappa shape index (κ3) is 3.39. The molecule has 0 saturated carbocycles. The van der Waals surface area contributed by atoms with Gasteiger partial charge in [-0.1, -0.05) is 18.2 Å². The summed E-state index contributed by atoms with van der Waals surface area (Å²) >= 11 is 0. The Bertz CT molecular complexity index is 801. The molecule has 0 unspecified atom stereocenters. The number of aryl methyl sites for hydroxylation is 3. The fourth-order valence-electron chi connectivity index (χ4n) is 3.12. The van der Waals surface area contributed by atoms with Gasteiger partial charge in [0.25, 0.3) is 0 Å². The summed E-state index contributed by atoms with van der Waals surface area (Å²) in [6.07, 6.45) is 3.63. The van der Waals surface area contributed by atoms with Gasteiger partial charge in [0.05, 0.1) is 11.1 Å². The topological polar surface area (TPSA) is 0 Å². The van der Waals surface area contributed by atoms with Gasteiger partial charge in [0.15, 0.2) is 0 Å². The minimum absolute atomic E-state index is 1.10. The lowest BCUT2D eigenvalue weighted by Crippen LogP contribution is -1.97. The van der Waals surface area contributed by atoms with Crippen LogP contribution in [0.3, 0.4) is 0 Å². The van der Waals surface area contributed by atoms with Crippen molar-refractivity contribution >= 4 is 5.57 Å². The highest BCUT2D eigenvalue weighted by Crippen LogP contribution is 2.30. The van der Waals surface area contributed by atoms with Crippen LogP contribution >= 0.6 is 0 Å². The Kier molecular flexibility index (Phi) is 4.37. The lowest BCUT2D eigenvalue weighted by molar-refractivity contribution is 1.28. The van der Waals surface area contributed by atoms with Crippen molar-refractivity contribution < 1.29 is 0 Å². The summed E-state index contributed by atoms with van der Waals surface area (Å²) in [5, 5.41) is 0. The molecule has 0 atom stereocenters. The summed E-state index contributed by atoms with van der Waals surface area (Å²) in [5.74, 6) is 0. The average Bonchev–Trinajstić information content (AvgIpc) is 2.55. The Hall–Kier alpha value is -2.69. The van der Waals surface area contributed by atoms with Crippen molar-refractivity contribution in [3.05, 3.63) is 112 Å². The molecule has 0 amide bonds. The molecule has 112 valence electrons. The van der Waals surface area contributed by atoms with Gasteiger partial charge >= 0.3 is 0 Å². The molecule has 3 aromatic carbocycles. The van der Waals surface area contributed by atoms with Crippen molar-refractivity contribution in [2.45, 2.75) is 20.8 Å². The largest absolute Gasteiger partial charge is 0.137 e. The van der Waals surface area contributed by atoms with Crippen LogP contribution in [0.4, 0.5) is 0 Å². The summed E-state index contributed by atoms with van der Waals surface area (Å²) in [6.45, 7) is 6.52. The molecule has 0 saturated heterocycles. The second-order valence-corrected chi connectivity index (χ2v) is 6.01. The summed E-state index contributed by atoms with van der Waals surface area (Å²) in [5.41, 5.74) is 8.64. The normalized spacial score (nSPS) is 11.2. The van der Waals surface area contributed by atoms with E-state index in [0.29, 0.717) is 0 Å². The van der Waals surface area contributed by atoms with Crippen LogP contribution in [0, 0.1) is 26.8 Å². The van der Waals surface area contributed by atoms with Crippen LogP contribution in [-0.4, -0.2) is 0 Å². The third-order valence-corrected chi connectivity index (χ3v) is 4.03. The van der Waals surface area contributed by atoms with E-state index in [1.165, 1.54) is 27.8 Å². The first kappa shape index (κ1) is 15.2. The summed E-state index contributed by atoms with van der Waals surface area (Å²) in [6, 6.07) is 25.4. The maximum absolute atomic E-state index is 3.63. The Morgan fingerprint density at radius 3 is 1.78 bits per heavy atom. The zero-order valence-electron chi connectivity index (χ0n) is 13.9. The molecule has 3 aromatic rings. The Balaban J connectivity index is 2.24. The van der Waals surface area contributed by atoms with Gasteiger partial charge in [0.2, 0.25) is 0 Å². The minimum atomic E-state index is 1.10. The van der Waals surface area contributed by atoms with E-state index in [0.717, 1.165) is 11.1 Å². The SMILES string of the molecule is Cc1cc(C)c(C(=[C+]c2ccccc2)c2ccccc2)c(C)c1. The zero-order valence-corrected chi connectivity index (χ0v) is 13.9. The van der Waals surface area contributed by atoms with Gasteiger partial charge in [0.1, 0.15) is 11.1 Å². The van der Waals surface area contributed by atoms with Crippen LogP contribution in [0.2, 0.25) is 0 Å². The molecule has 0 nitrogen and oxygen atoms in total. The molecule has 3 rings (SSSR count). The van der Waals surface area contributed by atoms with Crippen LogP contribution in [0.25, 0.3) is 5.57 Å². The molecule has 0 heteroatoms.